The van der Waals surface area contributed by atoms with Gasteiger partial charge in [-0.15, -0.1) is 0 Å². The van der Waals surface area contributed by atoms with E-state index in [2.05, 4.69) is 20.8 Å². The van der Waals surface area contributed by atoms with Gasteiger partial charge in [0.1, 0.15) is 24.4 Å². The first kappa shape index (κ1) is 37.8. The molecule has 1 heterocycles. The molecule has 4 saturated carbocycles. The zero-order valence-corrected chi connectivity index (χ0v) is 29.7. The molecule has 11 heteroatoms. The molecule has 0 aromatic heterocycles. The predicted molar refractivity (Wildman–Crippen MR) is 173 cm³/mol. The smallest absolute Gasteiger partial charge is 0.186 e. The van der Waals surface area contributed by atoms with E-state index in [-0.39, 0.29) is 41.9 Å². The highest BCUT2D eigenvalue weighted by Gasteiger charge is 2.73. The van der Waals surface area contributed by atoms with Crippen molar-refractivity contribution in [3.8, 4) is 0 Å². The van der Waals surface area contributed by atoms with Gasteiger partial charge < -0.3 is 55.4 Å². The van der Waals surface area contributed by atoms with Gasteiger partial charge in [-0.05, 0) is 117 Å². The largest absolute Gasteiger partial charge is 0.394 e. The lowest BCUT2D eigenvalue weighted by molar-refractivity contribution is -0.346. The molecule has 47 heavy (non-hydrogen) atoms. The van der Waals surface area contributed by atoms with E-state index < -0.39 is 89.2 Å². The van der Waals surface area contributed by atoms with Crippen molar-refractivity contribution < 1.29 is 55.4 Å². The normalized spacial score (nSPS) is 51.8. The van der Waals surface area contributed by atoms with Gasteiger partial charge in [0.05, 0.1) is 42.2 Å². The number of aliphatic hydroxyl groups is 9. The zero-order chi connectivity index (χ0) is 35.3. The van der Waals surface area contributed by atoms with E-state index in [1.165, 1.54) is 0 Å². The molecule has 17 atom stereocenters. The van der Waals surface area contributed by atoms with Crippen LogP contribution in [0.25, 0.3) is 0 Å². The Kier molecular flexibility index (Phi) is 9.94. The molecule has 0 amide bonds. The Morgan fingerprint density at radius 2 is 1.51 bits per heavy atom. The molecular weight excluding hydrogens is 608 g/mol. The fourth-order valence-electron chi connectivity index (χ4n) is 12.0. The summed E-state index contributed by atoms with van der Waals surface area (Å²) in [5.41, 5.74) is -4.31. The van der Waals surface area contributed by atoms with Gasteiger partial charge in [-0.25, -0.2) is 0 Å². The monoisotopic (exact) mass is 672 g/mol. The minimum Gasteiger partial charge on any atom is -0.394 e. The summed E-state index contributed by atoms with van der Waals surface area (Å²) in [4.78, 5) is 0. The summed E-state index contributed by atoms with van der Waals surface area (Å²) in [5, 5.41) is 98.1. The highest BCUT2D eigenvalue weighted by Crippen LogP contribution is 2.76. The second-order valence-corrected chi connectivity index (χ2v) is 18.4. The summed E-state index contributed by atoms with van der Waals surface area (Å²) in [6.45, 7) is 15.2. The highest BCUT2D eigenvalue weighted by atomic mass is 16.7. The molecule has 11 nitrogen and oxygen atoms in total. The average molecular weight is 673 g/mol. The fraction of sp³-hybridized carbons (Fsp3) is 1.00. The van der Waals surface area contributed by atoms with Crippen molar-refractivity contribution in [2.45, 2.75) is 173 Å². The quantitative estimate of drug-likeness (QED) is 0.169. The lowest BCUT2D eigenvalue weighted by atomic mass is 9.34. The molecule has 1 saturated heterocycles. The fourth-order valence-corrected chi connectivity index (χ4v) is 12.0. The van der Waals surface area contributed by atoms with Crippen molar-refractivity contribution in [2.24, 2.45) is 45.3 Å². The van der Waals surface area contributed by atoms with Crippen molar-refractivity contribution in [3.63, 3.8) is 0 Å². The maximum atomic E-state index is 12.1. The van der Waals surface area contributed by atoms with Crippen LogP contribution in [0, 0.1) is 45.3 Å². The molecule has 9 N–H and O–H groups in total. The second-order valence-electron chi connectivity index (χ2n) is 18.4. The highest BCUT2D eigenvalue weighted by molar-refractivity contribution is 5.22. The third-order valence-electron chi connectivity index (χ3n) is 14.9. The van der Waals surface area contributed by atoms with E-state index in [4.69, 9.17) is 9.47 Å². The van der Waals surface area contributed by atoms with Gasteiger partial charge in [0, 0.05) is 0 Å². The predicted octanol–water partition coefficient (Wildman–Crippen LogP) is 1.46. The van der Waals surface area contributed by atoms with Gasteiger partial charge in [0.25, 0.3) is 0 Å². The first-order chi connectivity index (χ1) is 21.5. The standard InChI is InChI=1S/C36H64O11/c1-31(2)23(39)10-12-33(5)22-15-19(38)25-18(36(8,45)14-11-24(40)32(3,4)44)9-13-34(25,6)35(22,7)16-20(29(31)33)46-30-28(43)27(42)26(41)21(17-37)47-30/h18-30,37-45H,9-17H2,1-8H3. The van der Waals surface area contributed by atoms with Crippen molar-refractivity contribution in [1.82, 2.24) is 0 Å². The third-order valence-corrected chi connectivity index (χ3v) is 14.9. The van der Waals surface area contributed by atoms with Crippen molar-refractivity contribution >= 4 is 0 Å². The number of rotatable bonds is 8. The van der Waals surface area contributed by atoms with Gasteiger partial charge in [0.15, 0.2) is 6.29 Å². The Morgan fingerprint density at radius 3 is 2.11 bits per heavy atom. The number of hydrogen-bond acceptors (Lipinski definition) is 11. The summed E-state index contributed by atoms with van der Waals surface area (Å²) in [6.07, 6.45) is -5.58. The van der Waals surface area contributed by atoms with Crippen molar-refractivity contribution in [1.29, 1.82) is 0 Å². The van der Waals surface area contributed by atoms with E-state index in [1.807, 2.05) is 13.8 Å². The van der Waals surface area contributed by atoms with Gasteiger partial charge in [0.2, 0.25) is 0 Å². The molecule has 274 valence electrons. The molecule has 4 aliphatic carbocycles. The van der Waals surface area contributed by atoms with E-state index in [9.17, 15) is 46.0 Å². The summed E-state index contributed by atoms with van der Waals surface area (Å²) in [6, 6.07) is 0. The molecular formula is C36H64O11. The molecule has 5 aliphatic rings. The molecule has 17 unspecified atom stereocenters. The number of fused-ring (bicyclic) bond motifs is 5. The molecule has 5 rings (SSSR count). The molecule has 5 fully saturated rings. The molecule has 0 spiro atoms. The Morgan fingerprint density at radius 1 is 0.872 bits per heavy atom. The van der Waals surface area contributed by atoms with Crippen molar-refractivity contribution in [2.75, 3.05) is 6.61 Å². The Bertz CT molecular complexity index is 1120. The van der Waals surface area contributed by atoms with E-state index in [0.717, 1.165) is 6.42 Å². The SMILES string of the molecule is CC(C)(O)C(O)CCC(C)(O)C1CCC2(C)C1C(O)CC1C3(C)CCC(O)C(C)(C)C3C(OC3OC(CO)C(O)C(O)C3O)CC12C. The molecule has 1 aliphatic heterocycles. The average Bonchev–Trinajstić information content (AvgIpc) is 3.36. The summed E-state index contributed by atoms with van der Waals surface area (Å²) in [5.74, 6) is -0.638. The summed E-state index contributed by atoms with van der Waals surface area (Å²) >= 11 is 0. The van der Waals surface area contributed by atoms with Crippen molar-refractivity contribution in [3.05, 3.63) is 0 Å². The topological polar surface area (TPSA) is 201 Å². The van der Waals surface area contributed by atoms with E-state index in [1.54, 1.807) is 20.8 Å². The van der Waals surface area contributed by atoms with Crippen LogP contribution in [0.5, 0.6) is 0 Å². The maximum Gasteiger partial charge on any atom is 0.186 e. The lowest BCUT2D eigenvalue weighted by Crippen LogP contribution is -2.71. The van der Waals surface area contributed by atoms with Gasteiger partial charge in [-0.3, -0.25) is 0 Å². The molecule has 0 aromatic rings. The van der Waals surface area contributed by atoms with Gasteiger partial charge in [-0.1, -0.05) is 34.6 Å². The lowest BCUT2D eigenvalue weighted by Gasteiger charge is -2.72. The van der Waals surface area contributed by atoms with Crippen LogP contribution in [-0.2, 0) is 9.47 Å². The number of aliphatic hydroxyl groups excluding tert-OH is 7. The van der Waals surface area contributed by atoms with Gasteiger partial charge in [-0.2, -0.15) is 0 Å². The van der Waals surface area contributed by atoms with Crippen LogP contribution in [-0.4, -0.2) is 119 Å². The van der Waals surface area contributed by atoms with E-state index in [0.29, 0.717) is 32.1 Å². The summed E-state index contributed by atoms with van der Waals surface area (Å²) < 4.78 is 12.6. The minimum atomic E-state index is -1.58. The van der Waals surface area contributed by atoms with Crippen LogP contribution < -0.4 is 0 Å². The Labute approximate surface area is 280 Å². The number of hydrogen-bond donors (Lipinski definition) is 9. The van der Waals surface area contributed by atoms with Crippen LogP contribution in [0.15, 0.2) is 0 Å². The van der Waals surface area contributed by atoms with Crippen LogP contribution in [0.1, 0.15) is 107 Å². The van der Waals surface area contributed by atoms with Crippen LogP contribution in [0.2, 0.25) is 0 Å². The Hall–Kier alpha value is -0.440. The van der Waals surface area contributed by atoms with Crippen LogP contribution in [0.4, 0.5) is 0 Å². The second kappa shape index (κ2) is 12.4. The maximum absolute atomic E-state index is 12.1. The third kappa shape index (κ3) is 5.85. The number of ether oxygens (including phenoxy) is 2. The van der Waals surface area contributed by atoms with Crippen LogP contribution in [0.3, 0.4) is 0 Å². The Balaban J connectivity index is 1.52. The summed E-state index contributed by atoms with van der Waals surface area (Å²) in [7, 11) is 0. The molecule has 0 bridgehead atoms. The molecule has 0 aromatic carbocycles. The van der Waals surface area contributed by atoms with E-state index >= 15 is 0 Å². The first-order valence-electron chi connectivity index (χ1n) is 17.9. The first-order valence-corrected chi connectivity index (χ1v) is 17.9. The molecule has 0 radical (unpaired) electrons. The van der Waals surface area contributed by atoms with Gasteiger partial charge >= 0.3 is 0 Å². The zero-order valence-electron chi connectivity index (χ0n) is 29.7. The minimum absolute atomic E-state index is 0.0541. The van der Waals surface area contributed by atoms with Crippen LogP contribution >= 0.6 is 0 Å².